The summed E-state index contributed by atoms with van der Waals surface area (Å²) in [6.07, 6.45) is 5.89. The lowest BCUT2D eigenvalue weighted by atomic mass is 9.81. The molecule has 0 bridgehead atoms. The number of pyridine rings is 1. The molecule has 2 aliphatic rings. The van der Waals surface area contributed by atoms with Crippen LogP contribution in [0.15, 0.2) is 22.8 Å². The van der Waals surface area contributed by atoms with Gasteiger partial charge in [-0.2, -0.15) is 0 Å². The van der Waals surface area contributed by atoms with Crippen molar-refractivity contribution >= 4 is 39.6 Å². The van der Waals surface area contributed by atoms with E-state index in [-0.39, 0.29) is 24.4 Å². The third-order valence-electron chi connectivity index (χ3n) is 5.38. The predicted molar refractivity (Wildman–Crippen MR) is 101 cm³/mol. The summed E-state index contributed by atoms with van der Waals surface area (Å²) in [5.41, 5.74) is -0.761. The summed E-state index contributed by atoms with van der Waals surface area (Å²) in [5.74, 6) is -0.0521. The van der Waals surface area contributed by atoms with Gasteiger partial charge in [-0.05, 0) is 47.8 Å². The van der Waals surface area contributed by atoms with E-state index >= 15 is 0 Å². The Labute approximate surface area is 161 Å². The lowest BCUT2D eigenvalue weighted by molar-refractivity contribution is -0.136. The highest BCUT2D eigenvalue weighted by atomic mass is 79.9. The van der Waals surface area contributed by atoms with Crippen molar-refractivity contribution in [2.45, 2.75) is 44.6 Å². The molecule has 0 aromatic carbocycles. The summed E-state index contributed by atoms with van der Waals surface area (Å²) in [5, 5.41) is 0. The van der Waals surface area contributed by atoms with Gasteiger partial charge in [0, 0.05) is 24.3 Å². The number of hydrogen-bond donors (Lipinski definition) is 0. The number of anilines is 1. The van der Waals surface area contributed by atoms with E-state index in [9.17, 15) is 14.4 Å². The summed E-state index contributed by atoms with van der Waals surface area (Å²) in [6.45, 7) is 1.99. The van der Waals surface area contributed by atoms with E-state index in [4.69, 9.17) is 0 Å². The highest BCUT2D eigenvalue weighted by molar-refractivity contribution is 9.10. The molecule has 3 rings (SSSR count). The van der Waals surface area contributed by atoms with Gasteiger partial charge in [-0.15, -0.1) is 0 Å². The number of aromatic nitrogens is 1. The number of carbonyl (C=O) groups is 3. The second-order valence-corrected chi connectivity index (χ2v) is 7.71. The molecule has 0 N–H and O–H groups in total. The summed E-state index contributed by atoms with van der Waals surface area (Å²) >= 11 is 3.32. The Bertz CT molecular complexity index is 716. The van der Waals surface area contributed by atoms with Crippen molar-refractivity contribution in [2.75, 3.05) is 25.0 Å². The van der Waals surface area contributed by atoms with Crippen LogP contribution in [0.4, 0.5) is 10.6 Å². The number of imide groups is 1. The number of hydrogen-bond acceptors (Lipinski definition) is 4. The number of nitrogens with zero attached hydrogens (tertiary/aromatic N) is 4. The predicted octanol–water partition coefficient (Wildman–Crippen LogP) is 2.79. The van der Waals surface area contributed by atoms with Gasteiger partial charge in [0.25, 0.3) is 5.91 Å². The lowest BCUT2D eigenvalue weighted by Crippen LogP contribution is -2.49. The molecule has 0 unspecified atom stereocenters. The largest absolute Gasteiger partial charge is 0.327 e. The van der Waals surface area contributed by atoms with Crippen LogP contribution in [0.25, 0.3) is 0 Å². The Kier molecular flexibility index (Phi) is 5.32. The summed E-state index contributed by atoms with van der Waals surface area (Å²) in [6, 6.07) is 3.15. The van der Waals surface area contributed by atoms with Crippen LogP contribution in [0.5, 0.6) is 0 Å². The molecular weight excluding hydrogens is 400 g/mol. The van der Waals surface area contributed by atoms with Crippen LogP contribution in [0.3, 0.4) is 0 Å². The Hall–Kier alpha value is -1.96. The molecule has 0 radical (unpaired) electrons. The average Bonchev–Trinajstić information content (AvgIpc) is 2.81. The molecule has 140 valence electrons. The van der Waals surface area contributed by atoms with Gasteiger partial charge in [-0.1, -0.05) is 19.3 Å². The normalized spacial score (nSPS) is 19.3. The molecule has 1 aliphatic carbocycles. The Morgan fingerprint density at radius 2 is 1.96 bits per heavy atom. The molecule has 7 nitrogen and oxygen atoms in total. The summed E-state index contributed by atoms with van der Waals surface area (Å²) in [7, 11) is 1.67. The van der Waals surface area contributed by atoms with Gasteiger partial charge in [0.15, 0.2) is 0 Å². The molecule has 26 heavy (non-hydrogen) atoms. The molecule has 0 atom stereocenters. The topological polar surface area (TPSA) is 73.8 Å². The van der Waals surface area contributed by atoms with Crippen molar-refractivity contribution in [1.29, 1.82) is 0 Å². The minimum absolute atomic E-state index is 0.238. The first-order valence-corrected chi connectivity index (χ1v) is 9.71. The standard InChI is InChI=1S/C18H23BrN4O3/c1-3-22(14-8-7-13(19)11-20-14)15(24)12-23-16(25)18(21(2)17(23)26)9-5-4-6-10-18/h7-8,11H,3-6,9-10,12H2,1-2H3. The van der Waals surface area contributed by atoms with Gasteiger partial charge in [0.2, 0.25) is 5.91 Å². The van der Waals surface area contributed by atoms with Crippen molar-refractivity contribution in [3.8, 4) is 0 Å². The van der Waals surface area contributed by atoms with Crippen LogP contribution in [-0.2, 0) is 9.59 Å². The van der Waals surface area contributed by atoms with Gasteiger partial charge in [-0.25, -0.2) is 9.78 Å². The zero-order valence-electron chi connectivity index (χ0n) is 15.1. The van der Waals surface area contributed by atoms with Crippen LogP contribution in [-0.4, -0.2) is 58.3 Å². The van der Waals surface area contributed by atoms with E-state index in [0.29, 0.717) is 25.2 Å². The molecule has 1 saturated carbocycles. The van der Waals surface area contributed by atoms with Gasteiger partial charge >= 0.3 is 6.03 Å². The number of urea groups is 1. The quantitative estimate of drug-likeness (QED) is 0.699. The highest BCUT2D eigenvalue weighted by Gasteiger charge is 2.56. The first-order chi connectivity index (χ1) is 12.4. The second-order valence-electron chi connectivity index (χ2n) is 6.80. The SMILES string of the molecule is CCN(C(=O)CN1C(=O)N(C)C2(CCCCC2)C1=O)c1ccc(Br)cn1. The first kappa shape index (κ1) is 18.8. The van der Waals surface area contributed by atoms with E-state index in [1.54, 1.807) is 25.4 Å². The third-order valence-corrected chi connectivity index (χ3v) is 5.85. The zero-order valence-corrected chi connectivity index (χ0v) is 16.7. The highest BCUT2D eigenvalue weighted by Crippen LogP contribution is 2.39. The average molecular weight is 423 g/mol. The smallest absolute Gasteiger partial charge is 0.313 e. The van der Waals surface area contributed by atoms with Crippen molar-refractivity contribution in [3.63, 3.8) is 0 Å². The second kappa shape index (κ2) is 7.34. The van der Waals surface area contributed by atoms with Crippen LogP contribution in [0.1, 0.15) is 39.0 Å². The molecule has 8 heteroatoms. The van der Waals surface area contributed by atoms with Gasteiger partial charge < -0.3 is 4.90 Å². The fraction of sp³-hybridized carbons (Fsp3) is 0.556. The minimum atomic E-state index is -0.761. The summed E-state index contributed by atoms with van der Waals surface area (Å²) in [4.78, 5) is 46.8. The Morgan fingerprint density at radius 3 is 2.54 bits per heavy atom. The maximum absolute atomic E-state index is 13.0. The molecule has 1 aliphatic heterocycles. The zero-order chi connectivity index (χ0) is 18.9. The minimum Gasteiger partial charge on any atom is -0.313 e. The summed E-state index contributed by atoms with van der Waals surface area (Å²) < 4.78 is 0.815. The Balaban J connectivity index is 1.78. The van der Waals surface area contributed by atoms with E-state index < -0.39 is 5.54 Å². The van der Waals surface area contributed by atoms with Gasteiger partial charge in [0.1, 0.15) is 17.9 Å². The van der Waals surface area contributed by atoms with Crippen LogP contribution in [0, 0.1) is 0 Å². The van der Waals surface area contributed by atoms with Crippen molar-refractivity contribution in [3.05, 3.63) is 22.8 Å². The van der Waals surface area contributed by atoms with Crippen molar-refractivity contribution < 1.29 is 14.4 Å². The monoisotopic (exact) mass is 422 g/mol. The van der Waals surface area contributed by atoms with E-state index in [1.807, 2.05) is 6.92 Å². The molecule has 4 amide bonds. The van der Waals surface area contributed by atoms with Gasteiger partial charge in [-0.3, -0.25) is 19.4 Å². The van der Waals surface area contributed by atoms with Crippen molar-refractivity contribution in [2.24, 2.45) is 0 Å². The van der Waals surface area contributed by atoms with Crippen molar-refractivity contribution in [1.82, 2.24) is 14.8 Å². The molecule has 1 saturated heterocycles. The fourth-order valence-corrected chi connectivity index (χ4v) is 4.12. The van der Waals surface area contributed by atoms with E-state index in [1.165, 1.54) is 9.80 Å². The molecular formula is C18H23BrN4O3. The molecule has 1 aromatic heterocycles. The fourth-order valence-electron chi connectivity index (χ4n) is 3.89. The maximum Gasteiger partial charge on any atom is 0.327 e. The number of carbonyl (C=O) groups excluding carboxylic acids is 3. The number of amides is 4. The van der Waals surface area contributed by atoms with Crippen LogP contribution < -0.4 is 4.90 Å². The Morgan fingerprint density at radius 1 is 1.27 bits per heavy atom. The number of rotatable bonds is 4. The lowest BCUT2D eigenvalue weighted by Gasteiger charge is -2.35. The molecule has 2 fully saturated rings. The van der Waals surface area contributed by atoms with Gasteiger partial charge in [0.05, 0.1) is 0 Å². The van der Waals surface area contributed by atoms with E-state index in [0.717, 1.165) is 28.6 Å². The van der Waals surface area contributed by atoms with Crippen LogP contribution in [0.2, 0.25) is 0 Å². The molecule has 2 heterocycles. The number of likely N-dealkylation sites (N-methyl/N-ethyl adjacent to an activating group) is 2. The third kappa shape index (κ3) is 3.11. The number of halogens is 1. The van der Waals surface area contributed by atoms with Crippen LogP contribution >= 0.6 is 15.9 Å². The first-order valence-electron chi connectivity index (χ1n) is 8.92. The maximum atomic E-state index is 13.0. The molecule has 1 aromatic rings. The van der Waals surface area contributed by atoms with E-state index in [2.05, 4.69) is 20.9 Å². The molecule has 1 spiro atoms.